The number of nitrogens with one attached hydrogen (secondary N) is 3. The lowest BCUT2D eigenvalue weighted by Crippen LogP contribution is -2.48. The van der Waals surface area contributed by atoms with Crippen molar-refractivity contribution < 1.29 is 4.79 Å². The Kier molecular flexibility index (Phi) is 2.64. The first-order chi connectivity index (χ1) is 6.00. The zero-order valence-corrected chi connectivity index (χ0v) is 7.42. The van der Waals surface area contributed by atoms with Gasteiger partial charge < -0.3 is 5.73 Å². The molecule has 1 heterocycles. The van der Waals surface area contributed by atoms with Gasteiger partial charge in [-0.2, -0.15) is 0 Å². The number of nitrogens with zero attached hydrogens (tertiary/aromatic N) is 1. The summed E-state index contributed by atoms with van der Waals surface area (Å²) in [5.41, 5.74) is 9.01. The van der Waals surface area contributed by atoms with Crippen molar-refractivity contribution in [3.8, 4) is 0 Å². The van der Waals surface area contributed by atoms with E-state index in [-0.39, 0.29) is 18.0 Å². The molecule has 0 aromatic rings. The van der Waals surface area contributed by atoms with Gasteiger partial charge in [0, 0.05) is 0 Å². The van der Waals surface area contributed by atoms with E-state index in [1.54, 1.807) is 0 Å². The number of hydrogen-bond donors (Lipinski definition) is 4. The monoisotopic (exact) mass is 183 g/mol. The molecule has 6 heteroatoms. The Balaban J connectivity index is 2.51. The van der Waals surface area contributed by atoms with Crippen LogP contribution in [-0.4, -0.2) is 29.6 Å². The lowest BCUT2D eigenvalue weighted by atomic mass is 10.3. The number of amides is 2. The molecule has 5 N–H and O–H groups in total. The van der Waals surface area contributed by atoms with Crippen LogP contribution in [0.15, 0.2) is 12.2 Å². The SMILES string of the molecule is C=C1CN(C(=O)NC(C)=N)NC1N. The Hall–Kier alpha value is -1.40. The Bertz CT molecular complexity index is 262. The van der Waals surface area contributed by atoms with Gasteiger partial charge in [-0.05, 0) is 12.5 Å². The zero-order valence-electron chi connectivity index (χ0n) is 7.42. The number of urea groups is 1. The second kappa shape index (κ2) is 3.55. The summed E-state index contributed by atoms with van der Waals surface area (Å²) in [6, 6.07) is -0.387. The van der Waals surface area contributed by atoms with Crippen molar-refractivity contribution in [2.45, 2.75) is 13.1 Å². The molecule has 13 heavy (non-hydrogen) atoms. The Morgan fingerprint density at radius 3 is 2.92 bits per heavy atom. The smallest absolute Gasteiger partial charge is 0.311 e. The van der Waals surface area contributed by atoms with Crippen LogP contribution in [0.2, 0.25) is 0 Å². The molecule has 0 aromatic carbocycles. The quantitative estimate of drug-likeness (QED) is 0.228. The maximum absolute atomic E-state index is 11.3. The van der Waals surface area contributed by atoms with E-state index >= 15 is 0 Å². The van der Waals surface area contributed by atoms with Crippen LogP contribution >= 0.6 is 0 Å². The van der Waals surface area contributed by atoms with Crippen LogP contribution in [-0.2, 0) is 0 Å². The fraction of sp³-hybridized carbons (Fsp3) is 0.429. The van der Waals surface area contributed by atoms with Crippen molar-refractivity contribution in [3.05, 3.63) is 12.2 Å². The molecular weight excluding hydrogens is 170 g/mol. The molecule has 1 fully saturated rings. The highest BCUT2D eigenvalue weighted by Gasteiger charge is 2.25. The average molecular weight is 183 g/mol. The van der Waals surface area contributed by atoms with Crippen LogP contribution in [0.5, 0.6) is 0 Å². The minimum atomic E-state index is -0.387. The highest BCUT2D eigenvalue weighted by atomic mass is 16.2. The van der Waals surface area contributed by atoms with Gasteiger partial charge in [0.1, 0.15) is 0 Å². The van der Waals surface area contributed by atoms with Crippen LogP contribution in [0.3, 0.4) is 0 Å². The average Bonchev–Trinajstić information content (AvgIpc) is 2.31. The number of rotatable bonds is 0. The third-order valence-electron chi connectivity index (χ3n) is 1.64. The van der Waals surface area contributed by atoms with E-state index in [1.807, 2.05) is 0 Å². The molecule has 1 rings (SSSR count). The second-order valence-corrected chi connectivity index (χ2v) is 2.91. The molecule has 72 valence electrons. The van der Waals surface area contributed by atoms with Gasteiger partial charge in [-0.25, -0.2) is 10.2 Å². The standard InChI is InChI=1S/C7H13N5O/c1-4-3-12(11-6(4)9)7(13)10-5(2)8/h6,11H,1,3,9H2,2H3,(H2,8,10,13). The summed E-state index contributed by atoms with van der Waals surface area (Å²) < 4.78 is 0. The Morgan fingerprint density at radius 1 is 1.92 bits per heavy atom. The van der Waals surface area contributed by atoms with Crippen molar-refractivity contribution in [3.63, 3.8) is 0 Å². The fourth-order valence-electron chi connectivity index (χ4n) is 0.965. The summed E-state index contributed by atoms with van der Waals surface area (Å²) in [7, 11) is 0. The molecule has 0 aromatic heterocycles. The fourth-order valence-corrected chi connectivity index (χ4v) is 0.965. The van der Waals surface area contributed by atoms with Gasteiger partial charge in [0.05, 0.1) is 18.5 Å². The lowest BCUT2D eigenvalue weighted by Gasteiger charge is -2.15. The van der Waals surface area contributed by atoms with Crippen LogP contribution < -0.4 is 16.5 Å². The summed E-state index contributed by atoms with van der Waals surface area (Å²) in [4.78, 5) is 11.3. The maximum atomic E-state index is 11.3. The van der Waals surface area contributed by atoms with Crippen LogP contribution in [0.1, 0.15) is 6.92 Å². The zero-order chi connectivity index (χ0) is 10.0. The molecule has 1 aliphatic rings. The molecule has 0 aliphatic carbocycles. The van der Waals surface area contributed by atoms with Gasteiger partial charge in [0.25, 0.3) is 0 Å². The summed E-state index contributed by atoms with van der Waals surface area (Å²) in [5, 5.41) is 10.7. The predicted octanol–water partition coefficient (Wildman–Crippen LogP) is -0.646. The van der Waals surface area contributed by atoms with E-state index in [1.165, 1.54) is 11.9 Å². The normalized spacial score (nSPS) is 21.8. The highest BCUT2D eigenvalue weighted by Crippen LogP contribution is 2.06. The Morgan fingerprint density at radius 2 is 2.54 bits per heavy atom. The van der Waals surface area contributed by atoms with Crippen molar-refractivity contribution >= 4 is 11.9 Å². The minimum Gasteiger partial charge on any atom is -0.311 e. The number of carbonyl (C=O) groups excluding carboxylic acids is 1. The molecule has 0 radical (unpaired) electrons. The summed E-state index contributed by atoms with van der Waals surface area (Å²) in [5.74, 6) is 0.0953. The molecule has 0 saturated carbocycles. The first-order valence-corrected chi connectivity index (χ1v) is 3.84. The predicted molar refractivity (Wildman–Crippen MR) is 48.9 cm³/mol. The van der Waals surface area contributed by atoms with Gasteiger partial charge in [-0.3, -0.25) is 15.7 Å². The second-order valence-electron chi connectivity index (χ2n) is 2.91. The molecule has 1 saturated heterocycles. The van der Waals surface area contributed by atoms with Crippen LogP contribution in [0.4, 0.5) is 4.79 Å². The van der Waals surface area contributed by atoms with Gasteiger partial charge in [-0.1, -0.05) is 6.58 Å². The lowest BCUT2D eigenvalue weighted by molar-refractivity contribution is 0.192. The highest BCUT2D eigenvalue weighted by molar-refractivity contribution is 5.94. The van der Waals surface area contributed by atoms with Crippen LogP contribution in [0.25, 0.3) is 0 Å². The van der Waals surface area contributed by atoms with Gasteiger partial charge in [0.15, 0.2) is 0 Å². The number of amidine groups is 1. The molecule has 6 nitrogen and oxygen atoms in total. The van der Waals surface area contributed by atoms with Crippen LogP contribution in [0, 0.1) is 5.41 Å². The van der Waals surface area contributed by atoms with E-state index in [2.05, 4.69) is 17.3 Å². The van der Waals surface area contributed by atoms with E-state index < -0.39 is 0 Å². The molecule has 2 amide bonds. The molecular formula is C7H13N5O. The van der Waals surface area contributed by atoms with E-state index in [4.69, 9.17) is 11.1 Å². The topological polar surface area (TPSA) is 94.2 Å². The van der Waals surface area contributed by atoms with Crippen molar-refractivity contribution in [1.82, 2.24) is 15.8 Å². The third kappa shape index (κ3) is 2.27. The summed E-state index contributed by atoms with van der Waals surface area (Å²) in [6.07, 6.45) is -0.378. The van der Waals surface area contributed by atoms with E-state index in [0.29, 0.717) is 6.54 Å². The number of nitrogens with two attached hydrogens (primary N) is 1. The van der Waals surface area contributed by atoms with E-state index in [0.717, 1.165) is 5.57 Å². The van der Waals surface area contributed by atoms with E-state index in [9.17, 15) is 4.79 Å². The number of hydrazine groups is 1. The molecule has 0 bridgehead atoms. The van der Waals surface area contributed by atoms with Gasteiger partial charge >= 0.3 is 6.03 Å². The summed E-state index contributed by atoms with van der Waals surface area (Å²) >= 11 is 0. The Labute approximate surface area is 76.2 Å². The molecule has 1 atom stereocenters. The summed E-state index contributed by atoms with van der Waals surface area (Å²) in [6.45, 7) is 5.55. The van der Waals surface area contributed by atoms with Gasteiger partial charge in [-0.15, -0.1) is 0 Å². The molecule has 1 aliphatic heterocycles. The van der Waals surface area contributed by atoms with Crippen molar-refractivity contribution in [1.29, 1.82) is 5.41 Å². The van der Waals surface area contributed by atoms with Crippen molar-refractivity contribution in [2.75, 3.05) is 6.54 Å². The maximum Gasteiger partial charge on any atom is 0.337 e. The van der Waals surface area contributed by atoms with Gasteiger partial charge in [0.2, 0.25) is 0 Å². The number of hydrogen-bond acceptors (Lipinski definition) is 4. The first-order valence-electron chi connectivity index (χ1n) is 3.84. The first kappa shape index (κ1) is 9.69. The third-order valence-corrected chi connectivity index (χ3v) is 1.64. The minimum absolute atomic E-state index is 0.0953. The largest absolute Gasteiger partial charge is 0.337 e. The molecule has 1 unspecified atom stereocenters. The van der Waals surface area contributed by atoms with Crippen molar-refractivity contribution in [2.24, 2.45) is 5.73 Å². The number of carbonyl (C=O) groups is 1. The molecule has 0 spiro atoms.